The first-order chi connectivity index (χ1) is 8.15. The zero-order valence-electron chi connectivity index (χ0n) is 10.3. The summed E-state index contributed by atoms with van der Waals surface area (Å²) >= 11 is 0. The van der Waals surface area contributed by atoms with Crippen LogP contribution in [-0.2, 0) is 0 Å². The summed E-state index contributed by atoms with van der Waals surface area (Å²) in [7, 11) is 0. The molecule has 0 aromatic heterocycles. The molecule has 1 aromatic carbocycles. The second-order valence-corrected chi connectivity index (χ2v) is 5.46. The van der Waals surface area contributed by atoms with Gasteiger partial charge in [0.05, 0.1) is 6.10 Å². The van der Waals surface area contributed by atoms with Crippen molar-refractivity contribution in [2.45, 2.75) is 50.8 Å². The lowest BCUT2D eigenvalue weighted by atomic mass is 9.98. The Morgan fingerprint density at radius 3 is 2.53 bits per heavy atom. The van der Waals surface area contributed by atoms with Gasteiger partial charge in [0.15, 0.2) is 0 Å². The number of nitrogens with two attached hydrogens (primary N) is 1. The summed E-state index contributed by atoms with van der Waals surface area (Å²) in [5, 5.41) is 9.83. The molecule has 2 aliphatic rings. The molecule has 0 aliphatic carbocycles. The SMILES string of the molecule is Cc1ccc(N)cc1N1C2CCC1CC(O)C2. The van der Waals surface area contributed by atoms with E-state index < -0.39 is 0 Å². The number of rotatable bonds is 1. The summed E-state index contributed by atoms with van der Waals surface area (Å²) in [5.41, 5.74) is 9.28. The van der Waals surface area contributed by atoms with Crippen molar-refractivity contribution >= 4 is 11.4 Å². The van der Waals surface area contributed by atoms with Crippen LogP contribution in [0, 0.1) is 6.92 Å². The lowest BCUT2D eigenvalue weighted by Gasteiger charge is -2.39. The molecule has 0 spiro atoms. The van der Waals surface area contributed by atoms with Crippen LogP contribution < -0.4 is 10.6 Å². The lowest BCUT2D eigenvalue weighted by molar-refractivity contribution is 0.126. The number of aryl methyl sites for hydroxylation is 1. The molecule has 0 radical (unpaired) electrons. The number of aliphatic hydroxyl groups is 1. The molecule has 2 saturated heterocycles. The van der Waals surface area contributed by atoms with Gasteiger partial charge >= 0.3 is 0 Å². The van der Waals surface area contributed by atoms with Gasteiger partial charge in [-0.05, 0) is 50.3 Å². The molecule has 1 aromatic rings. The maximum Gasteiger partial charge on any atom is 0.0579 e. The molecule has 17 heavy (non-hydrogen) atoms. The van der Waals surface area contributed by atoms with Crippen molar-refractivity contribution in [3.05, 3.63) is 23.8 Å². The van der Waals surface area contributed by atoms with E-state index in [1.165, 1.54) is 24.1 Å². The van der Waals surface area contributed by atoms with Crippen LogP contribution in [0.1, 0.15) is 31.2 Å². The Morgan fingerprint density at radius 2 is 1.88 bits per heavy atom. The smallest absolute Gasteiger partial charge is 0.0579 e. The molecule has 3 rings (SSSR count). The Morgan fingerprint density at radius 1 is 1.24 bits per heavy atom. The number of nitrogen functional groups attached to an aromatic ring is 1. The first-order valence-electron chi connectivity index (χ1n) is 6.47. The van der Waals surface area contributed by atoms with Gasteiger partial charge in [-0.25, -0.2) is 0 Å². The number of anilines is 2. The molecule has 2 aliphatic heterocycles. The number of fused-ring (bicyclic) bond motifs is 2. The van der Waals surface area contributed by atoms with Crippen molar-refractivity contribution in [2.75, 3.05) is 10.6 Å². The minimum Gasteiger partial charge on any atom is -0.399 e. The van der Waals surface area contributed by atoms with E-state index in [0.29, 0.717) is 12.1 Å². The third kappa shape index (κ3) is 1.78. The quantitative estimate of drug-likeness (QED) is 0.729. The van der Waals surface area contributed by atoms with Gasteiger partial charge in [-0.3, -0.25) is 0 Å². The fourth-order valence-corrected chi connectivity index (χ4v) is 3.45. The fraction of sp³-hybridized carbons (Fsp3) is 0.571. The van der Waals surface area contributed by atoms with Gasteiger partial charge in [0, 0.05) is 23.5 Å². The summed E-state index contributed by atoms with van der Waals surface area (Å²) < 4.78 is 0. The van der Waals surface area contributed by atoms with Crippen molar-refractivity contribution in [2.24, 2.45) is 0 Å². The molecule has 2 fully saturated rings. The molecule has 3 nitrogen and oxygen atoms in total. The van der Waals surface area contributed by atoms with Gasteiger partial charge < -0.3 is 15.7 Å². The van der Waals surface area contributed by atoms with Gasteiger partial charge in [0.1, 0.15) is 0 Å². The fourth-order valence-electron chi connectivity index (χ4n) is 3.45. The van der Waals surface area contributed by atoms with Gasteiger partial charge in [-0.1, -0.05) is 6.07 Å². The zero-order chi connectivity index (χ0) is 12.0. The zero-order valence-corrected chi connectivity index (χ0v) is 10.3. The van der Waals surface area contributed by atoms with Crippen LogP contribution in [0.5, 0.6) is 0 Å². The molecular weight excluding hydrogens is 212 g/mol. The third-order valence-electron chi connectivity index (χ3n) is 4.22. The van der Waals surface area contributed by atoms with Crippen molar-refractivity contribution in [3.8, 4) is 0 Å². The van der Waals surface area contributed by atoms with Crippen molar-refractivity contribution < 1.29 is 5.11 Å². The number of hydrogen-bond donors (Lipinski definition) is 2. The molecule has 2 atom stereocenters. The number of nitrogens with zero attached hydrogens (tertiary/aromatic N) is 1. The number of aliphatic hydroxyl groups excluding tert-OH is 1. The summed E-state index contributed by atoms with van der Waals surface area (Å²) in [6, 6.07) is 7.14. The number of hydrogen-bond acceptors (Lipinski definition) is 3. The van der Waals surface area contributed by atoms with E-state index in [0.717, 1.165) is 18.5 Å². The van der Waals surface area contributed by atoms with E-state index in [1.54, 1.807) is 0 Å². The Bertz CT molecular complexity index is 418. The molecule has 3 N–H and O–H groups in total. The summed E-state index contributed by atoms with van der Waals surface area (Å²) in [5.74, 6) is 0. The molecular formula is C14H20N2O. The molecule has 2 unspecified atom stereocenters. The highest BCUT2D eigenvalue weighted by Gasteiger charge is 2.40. The highest BCUT2D eigenvalue weighted by Crippen LogP contribution is 2.40. The standard InChI is InChI=1S/C14H20N2O/c1-9-2-3-10(15)6-14(9)16-11-4-5-12(16)8-13(17)7-11/h2-3,6,11-13,17H,4-5,7-8,15H2,1H3. The third-order valence-corrected chi connectivity index (χ3v) is 4.22. The van der Waals surface area contributed by atoms with Crippen LogP contribution in [0.4, 0.5) is 11.4 Å². The molecule has 2 bridgehead atoms. The van der Waals surface area contributed by atoms with Crippen LogP contribution in [0.15, 0.2) is 18.2 Å². The molecule has 3 heteroatoms. The Kier molecular flexibility index (Phi) is 2.51. The van der Waals surface area contributed by atoms with Gasteiger partial charge in [0.25, 0.3) is 0 Å². The summed E-state index contributed by atoms with van der Waals surface area (Å²) in [6.45, 7) is 2.14. The second kappa shape index (κ2) is 3.91. The van der Waals surface area contributed by atoms with E-state index in [2.05, 4.69) is 24.0 Å². The molecule has 92 valence electrons. The van der Waals surface area contributed by atoms with Gasteiger partial charge in [0.2, 0.25) is 0 Å². The van der Waals surface area contributed by atoms with E-state index in [-0.39, 0.29) is 6.10 Å². The first kappa shape index (κ1) is 10.9. The molecule has 0 saturated carbocycles. The van der Waals surface area contributed by atoms with E-state index in [4.69, 9.17) is 5.73 Å². The van der Waals surface area contributed by atoms with E-state index >= 15 is 0 Å². The Balaban J connectivity index is 1.97. The van der Waals surface area contributed by atoms with Crippen LogP contribution in [0.3, 0.4) is 0 Å². The minimum atomic E-state index is -0.106. The maximum absolute atomic E-state index is 9.83. The monoisotopic (exact) mass is 232 g/mol. The average Bonchev–Trinajstić information content (AvgIpc) is 2.54. The summed E-state index contributed by atoms with van der Waals surface area (Å²) in [6.07, 6.45) is 4.12. The van der Waals surface area contributed by atoms with Crippen LogP contribution >= 0.6 is 0 Å². The van der Waals surface area contributed by atoms with Crippen LogP contribution in [0.2, 0.25) is 0 Å². The normalized spacial score (nSPS) is 31.9. The predicted octanol–water partition coefficient (Wildman–Crippen LogP) is 2.07. The maximum atomic E-state index is 9.83. The van der Waals surface area contributed by atoms with Crippen LogP contribution in [-0.4, -0.2) is 23.3 Å². The van der Waals surface area contributed by atoms with E-state index in [1.807, 2.05) is 6.07 Å². The molecule has 2 heterocycles. The Labute approximate surface area is 102 Å². The second-order valence-electron chi connectivity index (χ2n) is 5.46. The summed E-state index contributed by atoms with van der Waals surface area (Å²) in [4.78, 5) is 2.50. The van der Waals surface area contributed by atoms with Crippen LogP contribution in [0.25, 0.3) is 0 Å². The highest BCUT2D eigenvalue weighted by atomic mass is 16.3. The number of piperidine rings is 1. The average molecular weight is 232 g/mol. The van der Waals surface area contributed by atoms with Gasteiger partial charge in [-0.2, -0.15) is 0 Å². The van der Waals surface area contributed by atoms with Gasteiger partial charge in [-0.15, -0.1) is 0 Å². The largest absolute Gasteiger partial charge is 0.399 e. The van der Waals surface area contributed by atoms with Crippen molar-refractivity contribution in [3.63, 3.8) is 0 Å². The highest BCUT2D eigenvalue weighted by molar-refractivity contribution is 5.62. The molecule has 0 amide bonds. The minimum absolute atomic E-state index is 0.106. The van der Waals surface area contributed by atoms with Crippen molar-refractivity contribution in [1.82, 2.24) is 0 Å². The topological polar surface area (TPSA) is 49.5 Å². The Hall–Kier alpha value is -1.22. The van der Waals surface area contributed by atoms with Crippen molar-refractivity contribution in [1.29, 1.82) is 0 Å². The van der Waals surface area contributed by atoms with E-state index in [9.17, 15) is 5.11 Å². The first-order valence-corrected chi connectivity index (χ1v) is 6.47. The predicted molar refractivity (Wildman–Crippen MR) is 70.1 cm³/mol. The number of benzene rings is 1. The lowest BCUT2D eigenvalue weighted by Crippen LogP contribution is -2.45.